The second-order valence-electron chi connectivity index (χ2n) is 4.74. The molecule has 1 heterocycles. The SMILES string of the molecule is C=CC(=O)Nc1ccccc1-c1ccc2cnc(N)nc2c1. The molecule has 2 aromatic carbocycles. The summed E-state index contributed by atoms with van der Waals surface area (Å²) >= 11 is 0. The quantitative estimate of drug-likeness (QED) is 0.727. The molecule has 0 aliphatic rings. The number of nitrogen functional groups attached to an aromatic ring is 1. The van der Waals surface area contributed by atoms with Crippen LogP contribution in [0.2, 0.25) is 0 Å². The molecular formula is C17H14N4O. The van der Waals surface area contributed by atoms with E-state index in [2.05, 4.69) is 21.9 Å². The van der Waals surface area contributed by atoms with Gasteiger partial charge in [0.05, 0.1) is 5.52 Å². The molecule has 3 aromatic rings. The van der Waals surface area contributed by atoms with Gasteiger partial charge in [-0.15, -0.1) is 0 Å². The van der Waals surface area contributed by atoms with E-state index in [4.69, 9.17) is 5.73 Å². The Morgan fingerprint density at radius 1 is 1.23 bits per heavy atom. The zero-order chi connectivity index (χ0) is 15.5. The van der Waals surface area contributed by atoms with Gasteiger partial charge in [-0.25, -0.2) is 9.97 Å². The first-order chi connectivity index (χ1) is 10.7. The van der Waals surface area contributed by atoms with Gasteiger partial charge in [0.25, 0.3) is 0 Å². The van der Waals surface area contributed by atoms with Crippen LogP contribution in [0.3, 0.4) is 0 Å². The number of hydrogen-bond acceptors (Lipinski definition) is 4. The fourth-order valence-corrected chi connectivity index (χ4v) is 2.23. The van der Waals surface area contributed by atoms with Crippen molar-refractivity contribution in [2.24, 2.45) is 0 Å². The molecular weight excluding hydrogens is 276 g/mol. The van der Waals surface area contributed by atoms with Crippen LogP contribution in [0.15, 0.2) is 61.3 Å². The lowest BCUT2D eigenvalue weighted by Gasteiger charge is -2.10. The molecule has 1 aromatic heterocycles. The second-order valence-corrected chi connectivity index (χ2v) is 4.74. The minimum absolute atomic E-state index is 0.234. The minimum atomic E-state index is -0.250. The van der Waals surface area contributed by atoms with E-state index in [0.29, 0.717) is 5.69 Å². The number of aromatic nitrogens is 2. The molecule has 0 unspecified atom stereocenters. The maximum Gasteiger partial charge on any atom is 0.247 e. The van der Waals surface area contributed by atoms with Gasteiger partial charge in [0.1, 0.15) is 0 Å². The summed E-state index contributed by atoms with van der Waals surface area (Å²) in [5.74, 6) is -0.0160. The first kappa shape index (κ1) is 13.8. The van der Waals surface area contributed by atoms with E-state index >= 15 is 0 Å². The standard InChI is InChI=1S/C17H14N4O/c1-2-16(22)20-14-6-4-3-5-13(14)11-7-8-12-10-19-17(18)21-15(12)9-11/h2-10H,1H2,(H,20,22)(H2,18,19,21). The Bertz CT molecular complexity index is 873. The van der Waals surface area contributed by atoms with E-state index in [1.54, 1.807) is 6.20 Å². The Labute approximate surface area is 127 Å². The van der Waals surface area contributed by atoms with Crippen LogP contribution in [0.5, 0.6) is 0 Å². The molecule has 0 spiro atoms. The fraction of sp³-hybridized carbons (Fsp3) is 0. The van der Waals surface area contributed by atoms with Gasteiger partial charge in [0.2, 0.25) is 11.9 Å². The largest absolute Gasteiger partial charge is 0.368 e. The number of rotatable bonds is 3. The molecule has 0 fully saturated rings. The number of benzene rings is 2. The highest BCUT2D eigenvalue weighted by molar-refractivity contribution is 6.02. The number of fused-ring (bicyclic) bond motifs is 1. The van der Waals surface area contributed by atoms with Gasteiger partial charge in [-0.05, 0) is 23.8 Å². The third kappa shape index (κ3) is 2.64. The van der Waals surface area contributed by atoms with Gasteiger partial charge >= 0.3 is 0 Å². The van der Waals surface area contributed by atoms with E-state index in [0.717, 1.165) is 22.0 Å². The van der Waals surface area contributed by atoms with E-state index < -0.39 is 0 Å². The van der Waals surface area contributed by atoms with E-state index in [1.165, 1.54) is 6.08 Å². The summed E-state index contributed by atoms with van der Waals surface area (Å²) in [4.78, 5) is 19.8. The van der Waals surface area contributed by atoms with Crippen molar-refractivity contribution in [2.75, 3.05) is 11.1 Å². The number of para-hydroxylation sites is 1. The first-order valence-corrected chi connectivity index (χ1v) is 6.72. The molecule has 0 atom stereocenters. The van der Waals surface area contributed by atoms with Crippen molar-refractivity contribution >= 4 is 28.4 Å². The van der Waals surface area contributed by atoms with E-state index in [9.17, 15) is 4.79 Å². The van der Waals surface area contributed by atoms with Crippen LogP contribution in [-0.4, -0.2) is 15.9 Å². The summed E-state index contributed by atoms with van der Waals surface area (Å²) in [5, 5.41) is 3.71. The van der Waals surface area contributed by atoms with Crippen molar-refractivity contribution in [3.05, 3.63) is 61.3 Å². The molecule has 0 saturated heterocycles. The van der Waals surface area contributed by atoms with Gasteiger partial charge < -0.3 is 11.1 Å². The zero-order valence-electron chi connectivity index (χ0n) is 11.8. The minimum Gasteiger partial charge on any atom is -0.368 e. The molecule has 3 rings (SSSR count). The maximum atomic E-state index is 11.6. The van der Waals surface area contributed by atoms with Gasteiger partial charge in [0, 0.05) is 22.8 Å². The number of carbonyl (C=O) groups excluding carboxylic acids is 1. The van der Waals surface area contributed by atoms with Crippen LogP contribution in [0, 0.1) is 0 Å². The number of nitrogens with one attached hydrogen (secondary N) is 1. The van der Waals surface area contributed by atoms with Crippen LogP contribution >= 0.6 is 0 Å². The number of anilines is 2. The molecule has 22 heavy (non-hydrogen) atoms. The Morgan fingerprint density at radius 2 is 2.05 bits per heavy atom. The molecule has 5 nitrogen and oxygen atoms in total. The molecule has 0 aliphatic heterocycles. The molecule has 108 valence electrons. The Kier molecular flexibility index (Phi) is 3.53. The van der Waals surface area contributed by atoms with Crippen molar-refractivity contribution in [3.8, 4) is 11.1 Å². The smallest absolute Gasteiger partial charge is 0.247 e. The van der Waals surface area contributed by atoms with Crippen molar-refractivity contribution in [2.45, 2.75) is 0 Å². The maximum absolute atomic E-state index is 11.6. The van der Waals surface area contributed by atoms with Gasteiger partial charge in [-0.3, -0.25) is 4.79 Å². The predicted octanol–water partition coefficient (Wildman–Crippen LogP) is 3.00. The Morgan fingerprint density at radius 3 is 2.86 bits per heavy atom. The molecule has 3 N–H and O–H groups in total. The molecule has 0 saturated carbocycles. The van der Waals surface area contributed by atoms with Crippen molar-refractivity contribution in [1.29, 1.82) is 0 Å². The summed E-state index contributed by atoms with van der Waals surface area (Å²) in [7, 11) is 0. The van der Waals surface area contributed by atoms with Crippen LogP contribution in [-0.2, 0) is 4.79 Å². The average Bonchev–Trinajstić information content (AvgIpc) is 2.54. The third-order valence-corrected chi connectivity index (χ3v) is 3.28. The molecule has 5 heteroatoms. The Hall–Kier alpha value is -3.21. The van der Waals surface area contributed by atoms with E-state index in [1.807, 2.05) is 42.5 Å². The fourth-order valence-electron chi connectivity index (χ4n) is 2.23. The summed E-state index contributed by atoms with van der Waals surface area (Å²) in [6.07, 6.45) is 2.93. The van der Waals surface area contributed by atoms with Crippen molar-refractivity contribution in [1.82, 2.24) is 9.97 Å². The first-order valence-electron chi connectivity index (χ1n) is 6.72. The number of amides is 1. The number of carbonyl (C=O) groups is 1. The van der Waals surface area contributed by atoms with Crippen molar-refractivity contribution in [3.63, 3.8) is 0 Å². The second kappa shape index (κ2) is 5.65. The average molecular weight is 290 g/mol. The highest BCUT2D eigenvalue weighted by atomic mass is 16.1. The number of nitrogens with two attached hydrogens (primary N) is 1. The molecule has 1 amide bonds. The highest BCUT2D eigenvalue weighted by Gasteiger charge is 2.08. The summed E-state index contributed by atoms with van der Waals surface area (Å²) in [6.45, 7) is 3.47. The van der Waals surface area contributed by atoms with Gasteiger partial charge in [-0.1, -0.05) is 36.9 Å². The summed E-state index contributed by atoms with van der Waals surface area (Å²) < 4.78 is 0. The zero-order valence-corrected chi connectivity index (χ0v) is 11.8. The lowest BCUT2D eigenvalue weighted by molar-refractivity contribution is -0.111. The lowest BCUT2D eigenvalue weighted by Crippen LogP contribution is -2.08. The van der Waals surface area contributed by atoms with Crippen molar-refractivity contribution < 1.29 is 4.79 Å². The molecule has 0 aliphatic carbocycles. The number of nitrogens with zero attached hydrogens (tertiary/aromatic N) is 2. The monoisotopic (exact) mass is 290 g/mol. The predicted molar refractivity (Wildman–Crippen MR) is 88.2 cm³/mol. The topological polar surface area (TPSA) is 80.9 Å². The van der Waals surface area contributed by atoms with Crippen LogP contribution in [0.1, 0.15) is 0 Å². The summed E-state index contributed by atoms with van der Waals surface area (Å²) in [5.41, 5.74) is 8.95. The van der Waals surface area contributed by atoms with E-state index in [-0.39, 0.29) is 11.9 Å². The van der Waals surface area contributed by atoms with Gasteiger partial charge in [0.15, 0.2) is 0 Å². The highest BCUT2D eigenvalue weighted by Crippen LogP contribution is 2.29. The third-order valence-electron chi connectivity index (χ3n) is 3.28. The normalized spacial score (nSPS) is 10.4. The summed E-state index contributed by atoms with van der Waals surface area (Å²) in [6, 6.07) is 13.4. The van der Waals surface area contributed by atoms with Crippen LogP contribution in [0.4, 0.5) is 11.6 Å². The Balaban J connectivity index is 2.11. The number of hydrogen-bond donors (Lipinski definition) is 2. The molecule has 0 radical (unpaired) electrons. The van der Waals surface area contributed by atoms with Crippen LogP contribution < -0.4 is 11.1 Å². The van der Waals surface area contributed by atoms with Crippen LogP contribution in [0.25, 0.3) is 22.0 Å². The lowest BCUT2D eigenvalue weighted by atomic mass is 10.0. The molecule has 0 bridgehead atoms. The van der Waals surface area contributed by atoms with Gasteiger partial charge in [-0.2, -0.15) is 0 Å².